The molecule has 0 unspecified atom stereocenters. The van der Waals surface area contributed by atoms with Crippen molar-refractivity contribution in [3.8, 4) is 0 Å². The fourth-order valence-corrected chi connectivity index (χ4v) is 0. The third-order valence-electron chi connectivity index (χ3n) is 0. The van der Waals surface area contributed by atoms with E-state index in [1.165, 1.54) is 0 Å². The van der Waals surface area contributed by atoms with E-state index in [0.717, 1.165) is 0 Å². The number of hydrogen-bond donors (Lipinski definition) is 10. The maximum atomic E-state index is 8.56. The molecule has 0 rings (SSSR count). The zero-order valence-corrected chi connectivity index (χ0v) is 13.8. The molecule has 0 spiro atoms. The van der Waals surface area contributed by atoms with Crippen molar-refractivity contribution in [2.24, 2.45) is 0 Å². The van der Waals surface area contributed by atoms with Crippen LogP contribution in [0.25, 0.3) is 0 Å². The molecular formula is C5H22Al2Mg2O16. The SMILES string of the molecule is O.O=C(O)O.O=C(O)O.O=C(O)O.O=C(O)O.O=C(O)O.[AlH3].[AlH3].[H-].[H-].[H-].[H-].[Mg+2].[Mg+2]. The van der Waals surface area contributed by atoms with Crippen LogP contribution in [0, 0.1) is 0 Å². The third kappa shape index (κ3) is 8390. The van der Waals surface area contributed by atoms with Crippen molar-refractivity contribution in [3.63, 3.8) is 0 Å². The molecule has 0 aliphatic heterocycles. The molecular weight excluding hydrogens is 419 g/mol. The number of carboxylic acid groups (broad SMARTS) is 10. The van der Waals surface area contributed by atoms with Crippen LogP contribution >= 0.6 is 0 Å². The van der Waals surface area contributed by atoms with E-state index in [9.17, 15) is 0 Å². The Hall–Kier alpha value is -1.09. The van der Waals surface area contributed by atoms with Crippen LogP contribution in [0.5, 0.6) is 0 Å². The first-order valence-corrected chi connectivity index (χ1v) is 3.26. The number of rotatable bonds is 0. The number of carbonyl (C=O) groups is 5. The van der Waals surface area contributed by atoms with E-state index in [1.54, 1.807) is 0 Å². The van der Waals surface area contributed by atoms with Gasteiger partial charge in [0.05, 0.1) is 0 Å². The van der Waals surface area contributed by atoms with E-state index < -0.39 is 30.8 Å². The van der Waals surface area contributed by atoms with Gasteiger partial charge in [-0.1, -0.05) is 0 Å². The van der Waals surface area contributed by atoms with Gasteiger partial charge in [0.15, 0.2) is 34.7 Å². The summed E-state index contributed by atoms with van der Waals surface area (Å²) in [6, 6.07) is 0. The van der Waals surface area contributed by atoms with E-state index in [4.69, 9.17) is 75.0 Å². The first kappa shape index (κ1) is 64.9. The Bertz CT molecular complexity index is 238. The van der Waals surface area contributed by atoms with E-state index >= 15 is 0 Å². The fraction of sp³-hybridized carbons (Fsp3) is 0. The fourth-order valence-electron chi connectivity index (χ4n) is 0. The summed E-state index contributed by atoms with van der Waals surface area (Å²) in [6.07, 6.45) is -9.17. The Kier molecular flexibility index (Phi) is 147. The summed E-state index contributed by atoms with van der Waals surface area (Å²) in [6.45, 7) is 0. The van der Waals surface area contributed by atoms with E-state index in [0.29, 0.717) is 0 Å². The summed E-state index contributed by atoms with van der Waals surface area (Å²) in [5.74, 6) is 0. The molecule has 0 amide bonds. The summed E-state index contributed by atoms with van der Waals surface area (Å²) < 4.78 is 0. The van der Waals surface area contributed by atoms with Crippen LogP contribution in [0.15, 0.2) is 0 Å². The van der Waals surface area contributed by atoms with Crippen LogP contribution in [0.2, 0.25) is 0 Å². The van der Waals surface area contributed by atoms with Gasteiger partial charge >= 0.3 is 76.9 Å². The van der Waals surface area contributed by atoms with Crippen molar-refractivity contribution in [2.75, 3.05) is 0 Å². The van der Waals surface area contributed by atoms with Gasteiger partial charge in [0.1, 0.15) is 0 Å². The smallest absolute Gasteiger partial charge is 1.00 e. The molecule has 0 heterocycles. The van der Waals surface area contributed by atoms with Crippen LogP contribution < -0.4 is 0 Å². The van der Waals surface area contributed by atoms with Crippen molar-refractivity contribution in [3.05, 3.63) is 0 Å². The second-order valence-electron chi connectivity index (χ2n) is 1.41. The quantitative estimate of drug-likeness (QED) is 0.175. The molecule has 12 N–H and O–H groups in total. The molecule has 0 saturated heterocycles. The third-order valence-corrected chi connectivity index (χ3v) is 0. The molecule has 0 aliphatic rings. The van der Waals surface area contributed by atoms with Gasteiger partial charge in [-0.05, 0) is 0 Å². The molecule has 0 bridgehead atoms. The summed E-state index contributed by atoms with van der Waals surface area (Å²) in [5, 5.41) is 69.7. The van der Waals surface area contributed by atoms with E-state index in [-0.39, 0.29) is 92.0 Å². The van der Waals surface area contributed by atoms with Crippen LogP contribution in [0.3, 0.4) is 0 Å². The second kappa shape index (κ2) is 56.8. The number of hydrogen-bond acceptors (Lipinski definition) is 5. The molecule has 25 heavy (non-hydrogen) atoms. The van der Waals surface area contributed by atoms with Crippen LogP contribution in [-0.4, -0.2) is 168 Å². The predicted octanol–water partition coefficient (Wildman–Crippen LogP) is -2.39. The van der Waals surface area contributed by atoms with Crippen molar-refractivity contribution in [2.45, 2.75) is 0 Å². The van der Waals surface area contributed by atoms with Gasteiger partial charge in [0.25, 0.3) is 0 Å². The van der Waals surface area contributed by atoms with Gasteiger partial charge in [0, 0.05) is 0 Å². The molecule has 0 aromatic carbocycles. The minimum Gasteiger partial charge on any atom is -1.00 e. The first-order chi connectivity index (χ1) is 8.66. The molecule has 0 aromatic heterocycles. The molecule has 0 radical (unpaired) electrons. The zero-order chi connectivity index (χ0) is 17.9. The Morgan fingerprint density at radius 3 is 0.400 bits per heavy atom. The van der Waals surface area contributed by atoms with Crippen LogP contribution in [0.4, 0.5) is 24.0 Å². The Balaban J connectivity index is -0.00000000750. The van der Waals surface area contributed by atoms with Gasteiger partial charge < -0.3 is 62.2 Å². The van der Waals surface area contributed by atoms with Gasteiger partial charge in [-0.15, -0.1) is 0 Å². The van der Waals surface area contributed by atoms with Crippen molar-refractivity contribution in [1.29, 1.82) is 0 Å². The van der Waals surface area contributed by atoms with Crippen molar-refractivity contribution >= 4 is 112 Å². The molecule has 0 atom stereocenters. The predicted molar refractivity (Wildman–Crippen MR) is 92.7 cm³/mol. The monoisotopic (exact) mass is 440 g/mol. The molecule has 0 fully saturated rings. The summed E-state index contributed by atoms with van der Waals surface area (Å²) >= 11 is 0. The first-order valence-electron chi connectivity index (χ1n) is 3.26. The van der Waals surface area contributed by atoms with Gasteiger partial charge in [0.2, 0.25) is 0 Å². The Morgan fingerprint density at radius 1 is 0.400 bits per heavy atom. The van der Waals surface area contributed by atoms with Gasteiger partial charge in [-0.25, -0.2) is 24.0 Å². The van der Waals surface area contributed by atoms with Gasteiger partial charge in [-0.2, -0.15) is 0 Å². The van der Waals surface area contributed by atoms with Gasteiger partial charge in [-0.3, -0.25) is 0 Å². The van der Waals surface area contributed by atoms with E-state index in [1.807, 2.05) is 0 Å². The zero-order valence-electron chi connectivity index (χ0n) is 14.9. The summed E-state index contributed by atoms with van der Waals surface area (Å²) in [5.41, 5.74) is 0. The van der Waals surface area contributed by atoms with Crippen LogP contribution in [0.1, 0.15) is 5.71 Å². The Labute approximate surface area is 197 Å². The molecule has 0 saturated carbocycles. The largest absolute Gasteiger partial charge is 2.00 e. The maximum absolute atomic E-state index is 8.56. The summed E-state index contributed by atoms with van der Waals surface area (Å²) in [7, 11) is 0. The molecule has 20 heteroatoms. The molecule has 0 aliphatic carbocycles. The summed E-state index contributed by atoms with van der Waals surface area (Å²) in [4.78, 5) is 42.8. The van der Waals surface area contributed by atoms with E-state index in [2.05, 4.69) is 0 Å². The maximum Gasteiger partial charge on any atom is 2.00 e. The van der Waals surface area contributed by atoms with Crippen molar-refractivity contribution in [1.82, 2.24) is 0 Å². The standard InChI is InChI=1S/5CH2O3.2Al.2Mg.H2O.10H/c5*2-1(3)4;;;;;;;;;;;;;;;/h5*(H2,2,3,4);;;;;1H2;;;;;;;;;;/q;;;;;;;2*+2;;;;;;;;4*-1. The minimum absolute atomic E-state index is 0. The second-order valence-corrected chi connectivity index (χ2v) is 1.41. The molecule has 148 valence electrons. The van der Waals surface area contributed by atoms with Crippen molar-refractivity contribution < 1.29 is 86.2 Å². The molecule has 16 nitrogen and oxygen atoms in total. The topological polar surface area (TPSA) is 319 Å². The average molecular weight is 441 g/mol. The Morgan fingerprint density at radius 2 is 0.400 bits per heavy atom. The minimum atomic E-state index is -1.83. The molecule has 0 aromatic rings. The average Bonchev–Trinajstić information content (AvgIpc) is 1.94. The van der Waals surface area contributed by atoms with Crippen LogP contribution in [-0.2, 0) is 0 Å². The normalized spacial score (nSPS) is 4.80.